The van der Waals surface area contributed by atoms with Gasteiger partial charge >= 0.3 is 5.97 Å². The minimum absolute atomic E-state index is 0.00448. The highest BCUT2D eigenvalue weighted by Gasteiger charge is 1.95. The zero-order chi connectivity index (χ0) is 21.5. The molecule has 0 bridgehead atoms. The summed E-state index contributed by atoms with van der Waals surface area (Å²) < 4.78 is 47.5. The van der Waals surface area contributed by atoms with Gasteiger partial charge in [-0.2, -0.15) is 0 Å². The number of rotatable bonds is 15. The van der Waals surface area contributed by atoms with Gasteiger partial charge in [0.1, 0.15) is 0 Å². The van der Waals surface area contributed by atoms with E-state index in [9.17, 15) is 4.79 Å². The summed E-state index contributed by atoms with van der Waals surface area (Å²) in [6.45, 7) is 2.07. The second kappa shape index (κ2) is 17.7. The van der Waals surface area contributed by atoms with Gasteiger partial charge in [-0.05, 0) is 44.9 Å². The fourth-order valence-electron chi connectivity index (χ4n) is 1.82. The second-order valence-corrected chi connectivity index (χ2v) is 5.18. The fraction of sp³-hybridized carbons (Fsp3) is 0.650. The quantitative estimate of drug-likeness (QED) is 0.279. The first-order chi connectivity index (χ1) is 13.2. The van der Waals surface area contributed by atoms with Crippen LogP contribution in [0.3, 0.4) is 0 Å². The number of carbonyl (C=O) groups is 1. The van der Waals surface area contributed by atoms with E-state index in [4.69, 9.17) is 13.3 Å². The molecule has 0 aliphatic heterocycles. The van der Waals surface area contributed by atoms with E-state index < -0.39 is 5.97 Å². The van der Waals surface area contributed by atoms with Crippen LogP contribution in [0.15, 0.2) is 36.3 Å². The Bertz CT molecular complexity index is 581. The van der Waals surface area contributed by atoms with Crippen LogP contribution in [0, 0.1) is 0 Å². The Kier molecular flexibility index (Phi) is 9.80. The summed E-state index contributed by atoms with van der Waals surface area (Å²) in [6.07, 6.45) is 6.67. The van der Waals surface area contributed by atoms with Crippen LogP contribution in [0.4, 0.5) is 0 Å². The van der Waals surface area contributed by atoms with Gasteiger partial charge in [-0.1, -0.05) is 68.9 Å². The highest BCUT2D eigenvalue weighted by atomic mass is 16.4. The first kappa shape index (κ1) is 12.2. The summed E-state index contributed by atoms with van der Waals surface area (Å²) in [7, 11) is 0. The molecule has 0 fully saturated rings. The van der Waals surface area contributed by atoms with Crippen molar-refractivity contribution in [2.75, 3.05) is 0 Å². The van der Waals surface area contributed by atoms with Crippen LogP contribution in [0.5, 0.6) is 0 Å². The Morgan fingerprint density at radius 2 is 1.32 bits per heavy atom. The molecular formula is C20H34O2. The molecule has 0 aliphatic rings. The van der Waals surface area contributed by atoms with Crippen molar-refractivity contribution >= 4 is 5.97 Å². The Morgan fingerprint density at radius 3 is 1.86 bits per heavy atom. The molecule has 0 saturated heterocycles. The Morgan fingerprint density at radius 1 is 0.818 bits per heavy atom. The SMILES string of the molecule is [2H]/C(CCCCCCC(=O)O)=C(\[2H])C/C([2H])=C(\[2H])C/C([2H])=C(\[2H])CCCCC. The summed E-state index contributed by atoms with van der Waals surface area (Å²) >= 11 is 0. The van der Waals surface area contributed by atoms with Crippen LogP contribution in [-0.2, 0) is 4.79 Å². The molecule has 22 heavy (non-hydrogen) atoms. The molecule has 0 aromatic carbocycles. The zero-order valence-corrected chi connectivity index (χ0v) is 13.8. The molecule has 0 heterocycles. The van der Waals surface area contributed by atoms with Crippen molar-refractivity contribution in [3.05, 3.63) is 36.3 Å². The lowest BCUT2D eigenvalue weighted by Crippen LogP contribution is -1.93. The molecule has 0 atom stereocenters. The van der Waals surface area contributed by atoms with E-state index in [0.717, 1.165) is 32.1 Å². The molecule has 2 heteroatoms. The van der Waals surface area contributed by atoms with Crippen molar-refractivity contribution in [3.8, 4) is 0 Å². The van der Waals surface area contributed by atoms with Gasteiger partial charge in [-0.25, -0.2) is 0 Å². The standard InChI is InChI=1S/C20H34O2/c1-2-3-4-5-6-7-8-9-10-11-12-13-14-15-16-17-18-19-20(21)22/h6-7,9-10,12-13H,2-5,8,11,14-19H2,1H3,(H,21,22)/b7-6+,10-9+,13-12-/i6D,7D,9D,10D,12D,13D. The second-order valence-electron chi connectivity index (χ2n) is 5.18. The molecule has 126 valence electrons. The molecule has 0 aromatic rings. The smallest absolute Gasteiger partial charge is 0.303 e. The lowest BCUT2D eigenvalue weighted by atomic mass is 10.1. The third-order valence-corrected chi connectivity index (χ3v) is 3.08. The molecule has 0 amide bonds. The van der Waals surface area contributed by atoms with E-state index in [1.54, 1.807) is 0 Å². The number of unbranched alkanes of at least 4 members (excludes halogenated alkanes) is 5. The van der Waals surface area contributed by atoms with E-state index >= 15 is 0 Å². The summed E-state index contributed by atoms with van der Waals surface area (Å²) in [5, 5.41) is 8.57. The minimum atomic E-state index is -0.806. The predicted octanol–water partition coefficient (Wildman–Crippen LogP) is 6.44. The van der Waals surface area contributed by atoms with Gasteiger partial charge in [0.05, 0.1) is 8.22 Å². The molecule has 2 nitrogen and oxygen atoms in total. The first-order valence-electron chi connectivity index (χ1n) is 11.4. The van der Waals surface area contributed by atoms with Crippen LogP contribution in [0.25, 0.3) is 0 Å². The zero-order valence-electron chi connectivity index (χ0n) is 19.8. The van der Waals surface area contributed by atoms with Crippen LogP contribution < -0.4 is 0 Å². The Hall–Kier alpha value is -1.31. The van der Waals surface area contributed by atoms with Crippen LogP contribution >= 0.6 is 0 Å². The number of carboxylic acids is 1. The van der Waals surface area contributed by atoms with Gasteiger partial charge in [-0.15, -0.1) is 0 Å². The van der Waals surface area contributed by atoms with Gasteiger partial charge in [0.15, 0.2) is 0 Å². The van der Waals surface area contributed by atoms with Gasteiger partial charge in [0.25, 0.3) is 0 Å². The van der Waals surface area contributed by atoms with Crippen LogP contribution in [0.2, 0.25) is 0 Å². The monoisotopic (exact) mass is 312 g/mol. The number of hydrogen-bond acceptors (Lipinski definition) is 1. The van der Waals surface area contributed by atoms with Crippen molar-refractivity contribution < 1.29 is 18.1 Å². The molecule has 0 unspecified atom stereocenters. The predicted molar refractivity (Wildman–Crippen MR) is 96.1 cm³/mol. The topological polar surface area (TPSA) is 37.3 Å². The van der Waals surface area contributed by atoms with Crippen molar-refractivity contribution in [1.82, 2.24) is 0 Å². The van der Waals surface area contributed by atoms with Crippen molar-refractivity contribution in [3.63, 3.8) is 0 Å². The van der Waals surface area contributed by atoms with E-state index in [1.807, 2.05) is 0 Å². The van der Waals surface area contributed by atoms with E-state index in [1.165, 1.54) is 0 Å². The van der Waals surface area contributed by atoms with Crippen molar-refractivity contribution in [1.29, 1.82) is 0 Å². The maximum absolute atomic E-state index is 10.4. The molecule has 0 aliphatic carbocycles. The molecule has 0 spiro atoms. The minimum Gasteiger partial charge on any atom is -0.481 e. The largest absolute Gasteiger partial charge is 0.481 e. The van der Waals surface area contributed by atoms with Crippen LogP contribution in [0.1, 0.15) is 92.2 Å². The van der Waals surface area contributed by atoms with Crippen LogP contribution in [-0.4, -0.2) is 11.1 Å². The summed E-state index contributed by atoms with van der Waals surface area (Å²) in [6, 6.07) is 0.243. The average Bonchev–Trinajstić information content (AvgIpc) is 2.63. The number of aliphatic carboxylic acids is 1. The fourth-order valence-corrected chi connectivity index (χ4v) is 1.82. The van der Waals surface area contributed by atoms with Crippen molar-refractivity contribution in [2.45, 2.75) is 84.0 Å². The third kappa shape index (κ3) is 18.7. The van der Waals surface area contributed by atoms with E-state index in [-0.39, 0.29) is 55.6 Å². The average molecular weight is 313 g/mol. The molecule has 0 saturated carbocycles. The summed E-state index contributed by atoms with van der Waals surface area (Å²) in [5.74, 6) is -0.806. The lowest BCUT2D eigenvalue weighted by Gasteiger charge is -1.96. The van der Waals surface area contributed by atoms with Gasteiger partial charge in [0, 0.05) is 6.42 Å². The Labute approximate surface area is 145 Å². The number of hydrogen-bond donors (Lipinski definition) is 1. The highest BCUT2D eigenvalue weighted by Crippen LogP contribution is 2.06. The highest BCUT2D eigenvalue weighted by molar-refractivity contribution is 5.66. The third-order valence-electron chi connectivity index (χ3n) is 3.08. The Balaban J connectivity index is 4.52. The van der Waals surface area contributed by atoms with Gasteiger partial charge in [0.2, 0.25) is 0 Å². The number of allylic oxidation sites excluding steroid dienone is 6. The summed E-state index contributed by atoms with van der Waals surface area (Å²) in [4.78, 5) is 10.4. The van der Waals surface area contributed by atoms with Gasteiger partial charge < -0.3 is 5.11 Å². The first-order valence-corrected chi connectivity index (χ1v) is 8.36. The molecule has 0 aromatic heterocycles. The van der Waals surface area contributed by atoms with E-state index in [2.05, 4.69) is 6.92 Å². The summed E-state index contributed by atoms with van der Waals surface area (Å²) in [5.41, 5.74) is 0. The molecule has 1 N–H and O–H groups in total. The van der Waals surface area contributed by atoms with Gasteiger partial charge in [-0.3, -0.25) is 4.79 Å². The van der Waals surface area contributed by atoms with Crippen molar-refractivity contribution in [2.24, 2.45) is 0 Å². The molecule has 0 radical (unpaired) electrons. The maximum atomic E-state index is 10.4. The lowest BCUT2D eigenvalue weighted by molar-refractivity contribution is -0.137. The molecule has 0 rings (SSSR count). The van der Waals surface area contributed by atoms with E-state index in [0.29, 0.717) is 25.7 Å². The number of carboxylic acid groups (broad SMARTS) is 1. The molecular weight excluding hydrogens is 272 g/mol. The normalized spacial score (nSPS) is 18.6. The maximum Gasteiger partial charge on any atom is 0.303 e.